The lowest BCUT2D eigenvalue weighted by Crippen LogP contribution is -2.36. The number of hydrogen-bond donors (Lipinski definition) is 2. The molecule has 2 rings (SSSR count). The first-order valence-electron chi connectivity index (χ1n) is 6.55. The quantitative estimate of drug-likeness (QED) is 0.845. The molecule has 3 heteroatoms. The highest BCUT2D eigenvalue weighted by Crippen LogP contribution is 2.36. The minimum absolute atomic E-state index is 0.554. The number of aromatic nitrogens is 1. The molecule has 0 aromatic carbocycles. The number of anilines is 1. The Morgan fingerprint density at radius 3 is 2.76 bits per heavy atom. The predicted octanol–water partition coefficient (Wildman–Crippen LogP) is 2.54. The third-order valence-electron chi connectivity index (χ3n) is 4.06. The van der Waals surface area contributed by atoms with Crippen molar-refractivity contribution in [1.29, 1.82) is 0 Å². The Labute approximate surface area is 103 Å². The van der Waals surface area contributed by atoms with Gasteiger partial charge in [-0.1, -0.05) is 19.4 Å². The van der Waals surface area contributed by atoms with Crippen molar-refractivity contribution in [1.82, 2.24) is 4.98 Å². The molecule has 0 aliphatic heterocycles. The van der Waals surface area contributed by atoms with E-state index in [1.807, 2.05) is 12.1 Å². The molecule has 0 amide bonds. The molecule has 1 fully saturated rings. The van der Waals surface area contributed by atoms with Crippen molar-refractivity contribution in [2.75, 3.05) is 5.73 Å². The summed E-state index contributed by atoms with van der Waals surface area (Å²) in [5.74, 6) is 1.35. The van der Waals surface area contributed by atoms with Crippen LogP contribution >= 0.6 is 0 Å². The van der Waals surface area contributed by atoms with E-state index in [4.69, 9.17) is 5.73 Å². The molecule has 0 saturated heterocycles. The molecule has 1 aromatic rings. The van der Waals surface area contributed by atoms with E-state index in [9.17, 15) is 5.11 Å². The topological polar surface area (TPSA) is 59.1 Å². The smallest absolute Gasteiger partial charge is 0.126 e. The number of aliphatic hydroxyl groups is 1. The molecule has 0 unspecified atom stereocenters. The van der Waals surface area contributed by atoms with E-state index in [0.29, 0.717) is 12.2 Å². The third-order valence-corrected chi connectivity index (χ3v) is 4.06. The zero-order chi connectivity index (χ0) is 12.3. The predicted molar refractivity (Wildman–Crippen MR) is 69.6 cm³/mol. The number of rotatable bonds is 3. The van der Waals surface area contributed by atoms with E-state index in [0.717, 1.165) is 37.2 Å². The van der Waals surface area contributed by atoms with Gasteiger partial charge in [0, 0.05) is 12.6 Å². The summed E-state index contributed by atoms with van der Waals surface area (Å²) in [4.78, 5) is 4.07. The van der Waals surface area contributed by atoms with Gasteiger partial charge in [-0.3, -0.25) is 0 Å². The second-order valence-electron chi connectivity index (χ2n) is 5.30. The Morgan fingerprint density at radius 1 is 1.47 bits per heavy atom. The Morgan fingerprint density at radius 2 is 2.18 bits per heavy atom. The Balaban J connectivity index is 2.01. The van der Waals surface area contributed by atoms with Gasteiger partial charge < -0.3 is 10.8 Å². The van der Waals surface area contributed by atoms with Crippen LogP contribution in [0.15, 0.2) is 18.3 Å². The number of hydrogen-bond acceptors (Lipinski definition) is 3. The van der Waals surface area contributed by atoms with Crippen LogP contribution in [-0.2, 0) is 6.42 Å². The van der Waals surface area contributed by atoms with E-state index >= 15 is 0 Å². The van der Waals surface area contributed by atoms with Crippen LogP contribution in [0, 0.1) is 5.92 Å². The molecule has 0 radical (unpaired) electrons. The van der Waals surface area contributed by atoms with Crippen molar-refractivity contribution in [3.63, 3.8) is 0 Å². The SMILES string of the molecule is CCC1CCC(O)(Cc2cccnc2N)CC1. The van der Waals surface area contributed by atoms with Crippen molar-refractivity contribution < 1.29 is 5.11 Å². The van der Waals surface area contributed by atoms with E-state index in [1.54, 1.807) is 6.20 Å². The van der Waals surface area contributed by atoms with Crippen molar-refractivity contribution in [2.45, 2.75) is 51.0 Å². The van der Waals surface area contributed by atoms with Gasteiger partial charge in [-0.05, 0) is 43.2 Å². The fraction of sp³-hybridized carbons (Fsp3) is 0.643. The van der Waals surface area contributed by atoms with E-state index in [-0.39, 0.29) is 0 Å². The highest BCUT2D eigenvalue weighted by Gasteiger charge is 2.33. The molecule has 0 atom stereocenters. The standard InChI is InChI=1S/C14H22N2O/c1-2-11-5-7-14(17,8-6-11)10-12-4-3-9-16-13(12)15/h3-4,9,11,17H,2,5-8,10H2,1H3,(H2,15,16). The summed E-state index contributed by atoms with van der Waals surface area (Å²) in [6, 6.07) is 3.85. The molecule has 3 N–H and O–H groups in total. The fourth-order valence-electron chi connectivity index (χ4n) is 2.75. The maximum Gasteiger partial charge on any atom is 0.126 e. The number of nitrogens with zero attached hydrogens (tertiary/aromatic N) is 1. The van der Waals surface area contributed by atoms with E-state index < -0.39 is 5.60 Å². The van der Waals surface area contributed by atoms with Crippen LogP contribution in [0.3, 0.4) is 0 Å². The van der Waals surface area contributed by atoms with Gasteiger partial charge in [0.1, 0.15) is 5.82 Å². The van der Waals surface area contributed by atoms with Crippen LogP contribution in [0.5, 0.6) is 0 Å². The van der Waals surface area contributed by atoms with Crippen LogP contribution < -0.4 is 5.73 Å². The molecule has 1 heterocycles. The van der Waals surface area contributed by atoms with Gasteiger partial charge in [0.05, 0.1) is 5.60 Å². The molecule has 3 nitrogen and oxygen atoms in total. The van der Waals surface area contributed by atoms with Gasteiger partial charge in [0.25, 0.3) is 0 Å². The van der Waals surface area contributed by atoms with Crippen molar-refractivity contribution in [2.24, 2.45) is 5.92 Å². The second-order valence-corrected chi connectivity index (χ2v) is 5.30. The summed E-state index contributed by atoms with van der Waals surface area (Å²) in [5, 5.41) is 10.6. The molecule has 1 aromatic heterocycles. The maximum absolute atomic E-state index is 10.6. The summed E-state index contributed by atoms with van der Waals surface area (Å²) in [5.41, 5.74) is 6.24. The number of nitrogens with two attached hydrogens (primary N) is 1. The lowest BCUT2D eigenvalue weighted by Gasteiger charge is -2.36. The molecular formula is C14H22N2O. The zero-order valence-corrected chi connectivity index (χ0v) is 10.5. The van der Waals surface area contributed by atoms with Crippen LogP contribution in [0.2, 0.25) is 0 Å². The molecule has 0 spiro atoms. The average molecular weight is 234 g/mol. The fourth-order valence-corrected chi connectivity index (χ4v) is 2.75. The minimum Gasteiger partial charge on any atom is -0.390 e. The first-order chi connectivity index (χ1) is 8.13. The van der Waals surface area contributed by atoms with Crippen LogP contribution in [0.4, 0.5) is 5.82 Å². The zero-order valence-electron chi connectivity index (χ0n) is 10.5. The van der Waals surface area contributed by atoms with Gasteiger partial charge in [-0.2, -0.15) is 0 Å². The van der Waals surface area contributed by atoms with Crippen LogP contribution in [-0.4, -0.2) is 15.7 Å². The summed E-state index contributed by atoms with van der Waals surface area (Å²) >= 11 is 0. The Kier molecular flexibility index (Phi) is 3.67. The van der Waals surface area contributed by atoms with Gasteiger partial charge in [-0.15, -0.1) is 0 Å². The lowest BCUT2D eigenvalue weighted by molar-refractivity contribution is -0.00914. The summed E-state index contributed by atoms with van der Waals surface area (Å²) in [6.45, 7) is 2.23. The molecule has 1 aliphatic rings. The lowest BCUT2D eigenvalue weighted by atomic mass is 9.75. The normalized spacial score (nSPS) is 29.2. The van der Waals surface area contributed by atoms with Crippen molar-refractivity contribution in [3.8, 4) is 0 Å². The monoisotopic (exact) mass is 234 g/mol. The molecular weight excluding hydrogens is 212 g/mol. The summed E-state index contributed by atoms with van der Waals surface area (Å²) in [7, 11) is 0. The first-order valence-corrected chi connectivity index (χ1v) is 6.55. The number of nitrogen functional groups attached to an aromatic ring is 1. The largest absolute Gasteiger partial charge is 0.390 e. The van der Waals surface area contributed by atoms with Gasteiger partial charge in [0.15, 0.2) is 0 Å². The summed E-state index contributed by atoms with van der Waals surface area (Å²) in [6.07, 6.45) is 7.60. The van der Waals surface area contributed by atoms with Gasteiger partial charge >= 0.3 is 0 Å². The third kappa shape index (κ3) is 2.97. The molecule has 94 valence electrons. The maximum atomic E-state index is 10.6. The van der Waals surface area contributed by atoms with Crippen LogP contribution in [0.25, 0.3) is 0 Å². The second kappa shape index (κ2) is 5.05. The van der Waals surface area contributed by atoms with Crippen molar-refractivity contribution in [3.05, 3.63) is 23.9 Å². The number of pyridine rings is 1. The average Bonchev–Trinajstić information content (AvgIpc) is 2.33. The van der Waals surface area contributed by atoms with Gasteiger partial charge in [-0.25, -0.2) is 4.98 Å². The molecule has 17 heavy (non-hydrogen) atoms. The molecule has 1 aliphatic carbocycles. The Hall–Kier alpha value is -1.09. The first kappa shape index (κ1) is 12.4. The Bertz CT molecular complexity index is 370. The minimum atomic E-state index is -0.567. The van der Waals surface area contributed by atoms with E-state index in [2.05, 4.69) is 11.9 Å². The highest BCUT2D eigenvalue weighted by atomic mass is 16.3. The van der Waals surface area contributed by atoms with Crippen molar-refractivity contribution >= 4 is 5.82 Å². The van der Waals surface area contributed by atoms with Gasteiger partial charge in [0.2, 0.25) is 0 Å². The molecule has 0 bridgehead atoms. The molecule has 1 saturated carbocycles. The highest BCUT2D eigenvalue weighted by molar-refractivity contribution is 5.39. The van der Waals surface area contributed by atoms with E-state index in [1.165, 1.54) is 6.42 Å². The van der Waals surface area contributed by atoms with Crippen LogP contribution in [0.1, 0.15) is 44.6 Å². The summed E-state index contributed by atoms with van der Waals surface area (Å²) < 4.78 is 0.